The highest BCUT2D eigenvalue weighted by molar-refractivity contribution is 6.02. The Kier molecular flexibility index (Phi) is 4.44. The van der Waals surface area contributed by atoms with Crippen molar-refractivity contribution in [3.8, 4) is 0 Å². The van der Waals surface area contributed by atoms with Gasteiger partial charge in [0.15, 0.2) is 0 Å². The number of urea groups is 1. The molecule has 7 nitrogen and oxygen atoms in total. The van der Waals surface area contributed by atoms with E-state index in [0.29, 0.717) is 31.5 Å². The van der Waals surface area contributed by atoms with Gasteiger partial charge in [-0.25, -0.2) is 4.79 Å². The molecule has 10 heteroatoms. The van der Waals surface area contributed by atoms with E-state index in [4.69, 9.17) is 4.42 Å². The van der Waals surface area contributed by atoms with Crippen molar-refractivity contribution < 1.29 is 32.0 Å². The lowest BCUT2D eigenvalue weighted by Gasteiger charge is -2.36. The summed E-state index contributed by atoms with van der Waals surface area (Å²) in [6, 6.07) is 0.275. The molecule has 0 radical (unpaired) electrons. The Morgan fingerprint density at radius 1 is 1.24 bits per heavy atom. The monoisotopic (exact) mass is 359 g/mol. The van der Waals surface area contributed by atoms with Crippen molar-refractivity contribution in [2.45, 2.75) is 25.1 Å². The average Bonchev–Trinajstić information content (AvgIpc) is 3.18. The van der Waals surface area contributed by atoms with Crippen LogP contribution in [-0.2, 0) is 4.79 Å². The highest BCUT2D eigenvalue weighted by Gasteiger charge is 2.45. The fourth-order valence-electron chi connectivity index (χ4n) is 3.13. The maximum absolute atomic E-state index is 12.5. The summed E-state index contributed by atoms with van der Waals surface area (Å²) in [6.07, 6.45) is -1.08. The summed E-state index contributed by atoms with van der Waals surface area (Å²) in [5.74, 6) is -1.05. The molecule has 3 rings (SSSR count). The summed E-state index contributed by atoms with van der Waals surface area (Å²) in [6.45, 7) is -1.22. The fourth-order valence-corrected chi connectivity index (χ4v) is 3.13. The summed E-state index contributed by atoms with van der Waals surface area (Å²) in [7, 11) is 0. The van der Waals surface area contributed by atoms with Crippen LogP contribution in [0.5, 0.6) is 0 Å². The highest BCUT2D eigenvalue weighted by atomic mass is 19.4. The van der Waals surface area contributed by atoms with Gasteiger partial charge in [-0.3, -0.25) is 14.5 Å². The maximum Gasteiger partial charge on any atom is 0.406 e. The van der Waals surface area contributed by atoms with Crippen molar-refractivity contribution in [2.75, 3.05) is 26.2 Å². The van der Waals surface area contributed by atoms with Crippen LogP contribution < -0.4 is 0 Å². The van der Waals surface area contributed by atoms with Crippen LogP contribution in [-0.4, -0.2) is 70.9 Å². The van der Waals surface area contributed by atoms with Gasteiger partial charge in [0, 0.05) is 19.1 Å². The van der Waals surface area contributed by atoms with Gasteiger partial charge in [-0.2, -0.15) is 13.2 Å². The van der Waals surface area contributed by atoms with Crippen molar-refractivity contribution in [1.82, 2.24) is 14.7 Å². The number of hydrogen-bond acceptors (Lipinski definition) is 4. The number of carbonyl (C=O) groups excluding carboxylic acids is 3. The summed E-state index contributed by atoms with van der Waals surface area (Å²) >= 11 is 0. The largest absolute Gasteiger partial charge is 0.472 e. The number of hydrogen-bond donors (Lipinski definition) is 0. The lowest BCUT2D eigenvalue weighted by atomic mass is 10.0. The van der Waals surface area contributed by atoms with Crippen molar-refractivity contribution in [3.05, 3.63) is 24.2 Å². The zero-order valence-corrected chi connectivity index (χ0v) is 13.2. The van der Waals surface area contributed by atoms with E-state index >= 15 is 0 Å². The van der Waals surface area contributed by atoms with Crippen LogP contribution in [0.25, 0.3) is 0 Å². The first-order valence-electron chi connectivity index (χ1n) is 7.75. The third kappa shape index (κ3) is 3.62. The molecule has 0 spiro atoms. The van der Waals surface area contributed by atoms with Crippen molar-refractivity contribution in [1.29, 1.82) is 0 Å². The molecule has 3 heterocycles. The molecule has 136 valence electrons. The minimum absolute atomic E-state index is 0.199. The Morgan fingerprint density at radius 3 is 2.48 bits per heavy atom. The predicted molar refractivity (Wildman–Crippen MR) is 77.5 cm³/mol. The lowest BCUT2D eigenvalue weighted by molar-refractivity contribution is -0.151. The van der Waals surface area contributed by atoms with Crippen molar-refractivity contribution in [3.63, 3.8) is 0 Å². The molecule has 25 heavy (non-hydrogen) atoms. The van der Waals surface area contributed by atoms with Crippen LogP contribution in [0, 0.1) is 0 Å². The lowest BCUT2D eigenvalue weighted by Crippen LogP contribution is -2.48. The number of halogens is 3. The molecule has 1 aromatic heterocycles. The Hall–Kier alpha value is -2.52. The predicted octanol–water partition coefficient (Wildman–Crippen LogP) is 1.71. The van der Waals surface area contributed by atoms with E-state index in [1.165, 1.54) is 17.4 Å². The Labute approximate surface area is 140 Å². The SMILES string of the molecule is O=C(c1ccoc1)N1CCC(N2CC(=O)N(CC(F)(F)F)C2=O)CC1. The van der Waals surface area contributed by atoms with Gasteiger partial charge in [0.1, 0.15) is 19.4 Å². The van der Waals surface area contributed by atoms with E-state index in [-0.39, 0.29) is 23.4 Å². The number of imide groups is 1. The number of piperidine rings is 1. The van der Waals surface area contributed by atoms with E-state index in [1.54, 1.807) is 11.0 Å². The molecule has 4 amide bonds. The molecule has 2 aliphatic rings. The molecule has 0 atom stereocenters. The minimum atomic E-state index is -4.62. The van der Waals surface area contributed by atoms with Crippen LogP contribution in [0.4, 0.5) is 18.0 Å². The van der Waals surface area contributed by atoms with Crippen molar-refractivity contribution in [2.24, 2.45) is 0 Å². The zero-order valence-electron chi connectivity index (χ0n) is 13.2. The van der Waals surface area contributed by atoms with Gasteiger partial charge in [-0.05, 0) is 18.9 Å². The van der Waals surface area contributed by atoms with Crippen LogP contribution in [0.1, 0.15) is 23.2 Å². The molecule has 0 N–H and O–H groups in total. The Balaban J connectivity index is 1.59. The van der Waals surface area contributed by atoms with Crippen LogP contribution in [0.3, 0.4) is 0 Å². The van der Waals surface area contributed by atoms with E-state index in [9.17, 15) is 27.6 Å². The van der Waals surface area contributed by atoms with Crippen LogP contribution in [0.15, 0.2) is 23.0 Å². The number of likely N-dealkylation sites (tertiary alicyclic amines) is 1. The molecule has 1 aromatic rings. The molecule has 2 saturated heterocycles. The quantitative estimate of drug-likeness (QED) is 0.770. The average molecular weight is 359 g/mol. The fraction of sp³-hybridized carbons (Fsp3) is 0.533. The van der Waals surface area contributed by atoms with Gasteiger partial charge in [-0.15, -0.1) is 0 Å². The third-order valence-electron chi connectivity index (χ3n) is 4.38. The van der Waals surface area contributed by atoms with E-state index in [2.05, 4.69) is 0 Å². The first kappa shape index (κ1) is 17.3. The second-order valence-corrected chi connectivity index (χ2v) is 6.04. The highest BCUT2D eigenvalue weighted by Crippen LogP contribution is 2.26. The molecule has 2 aliphatic heterocycles. The Bertz CT molecular complexity index is 666. The summed E-state index contributed by atoms with van der Waals surface area (Å²) < 4.78 is 42.3. The third-order valence-corrected chi connectivity index (χ3v) is 4.38. The van der Waals surface area contributed by atoms with Gasteiger partial charge in [0.2, 0.25) is 0 Å². The van der Waals surface area contributed by atoms with Gasteiger partial charge in [0.25, 0.3) is 11.8 Å². The van der Waals surface area contributed by atoms with Gasteiger partial charge < -0.3 is 14.2 Å². The van der Waals surface area contributed by atoms with Gasteiger partial charge in [-0.1, -0.05) is 0 Å². The van der Waals surface area contributed by atoms with E-state index in [1.807, 2.05) is 0 Å². The molecule has 0 aromatic carbocycles. The normalized spacial score (nSPS) is 19.9. The van der Waals surface area contributed by atoms with Crippen LogP contribution in [0.2, 0.25) is 0 Å². The molecule has 2 fully saturated rings. The van der Waals surface area contributed by atoms with Crippen LogP contribution >= 0.6 is 0 Å². The first-order chi connectivity index (χ1) is 11.8. The molecular weight excluding hydrogens is 343 g/mol. The molecular formula is C15H16F3N3O4. The second-order valence-electron chi connectivity index (χ2n) is 6.04. The zero-order chi connectivity index (χ0) is 18.2. The number of alkyl halides is 3. The molecule has 0 aliphatic carbocycles. The van der Waals surface area contributed by atoms with E-state index < -0.39 is 24.7 Å². The van der Waals surface area contributed by atoms with Gasteiger partial charge >= 0.3 is 12.2 Å². The number of carbonyl (C=O) groups is 3. The number of amides is 4. The standard InChI is InChI=1S/C15H16F3N3O4/c16-15(17,18)9-21-12(22)7-20(14(21)24)11-1-4-19(5-2-11)13(23)10-3-6-25-8-10/h3,6,8,11H,1-2,4-5,7,9H2. The molecule has 0 bridgehead atoms. The number of rotatable bonds is 3. The number of nitrogens with zero attached hydrogens (tertiary/aromatic N) is 3. The smallest absolute Gasteiger partial charge is 0.406 e. The summed E-state index contributed by atoms with van der Waals surface area (Å²) in [4.78, 5) is 39.1. The van der Waals surface area contributed by atoms with Gasteiger partial charge in [0.05, 0.1) is 11.8 Å². The molecule has 0 saturated carbocycles. The summed E-state index contributed by atoms with van der Waals surface area (Å²) in [5, 5.41) is 0. The number of furan rings is 1. The Morgan fingerprint density at radius 2 is 1.92 bits per heavy atom. The maximum atomic E-state index is 12.5. The topological polar surface area (TPSA) is 74.1 Å². The minimum Gasteiger partial charge on any atom is -0.472 e. The van der Waals surface area contributed by atoms with Crippen molar-refractivity contribution >= 4 is 17.8 Å². The molecule has 0 unspecified atom stereocenters. The second kappa shape index (κ2) is 6.41. The van der Waals surface area contributed by atoms with E-state index in [0.717, 1.165) is 0 Å². The summed E-state index contributed by atoms with van der Waals surface area (Å²) in [5.41, 5.74) is 0.419. The first-order valence-corrected chi connectivity index (χ1v) is 7.75.